The number of nitrogens with one attached hydrogen (secondary N) is 1. The van der Waals surface area contributed by atoms with Crippen LogP contribution in [-0.2, 0) is 14.2 Å². The van der Waals surface area contributed by atoms with Crippen LogP contribution in [0.15, 0.2) is 107 Å². The maximum absolute atomic E-state index is 12.8. The van der Waals surface area contributed by atoms with Crippen LogP contribution >= 0.6 is 0 Å². The van der Waals surface area contributed by atoms with Crippen molar-refractivity contribution in [3.63, 3.8) is 0 Å². The van der Waals surface area contributed by atoms with E-state index in [-0.39, 0.29) is 43.1 Å². The average Bonchev–Trinajstić information content (AvgIpc) is 3.35. The van der Waals surface area contributed by atoms with E-state index in [1.165, 1.54) is 9.03 Å². The SMILES string of the molecule is Cc1cn([C@@H]2O[C@H](COO[Si](c3ccccc3)(c3ccccc3)C(C)(C)C)C[C@H]2[Se]c2ccccc2)c(=O)[nH]c1=O. The Morgan fingerprint density at radius 1 is 0.927 bits per heavy atom. The number of rotatable bonds is 9. The second-order valence-electron chi connectivity index (χ2n) is 11.4. The van der Waals surface area contributed by atoms with Gasteiger partial charge in [0.15, 0.2) is 0 Å². The summed E-state index contributed by atoms with van der Waals surface area (Å²) >= 11 is 0.0308. The summed E-state index contributed by atoms with van der Waals surface area (Å²) in [4.78, 5) is 33.6. The van der Waals surface area contributed by atoms with E-state index in [4.69, 9.17) is 14.2 Å². The first-order valence-corrected chi connectivity index (χ1v) is 17.6. The maximum atomic E-state index is 12.8. The van der Waals surface area contributed by atoms with Crippen molar-refractivity contribution in [3.05, 3.63) is 124 Å². The predicted octanol–water partition coefficient (Wildman–Crippen LogP) is 3.46. The van der Waals surface area contributed by atoms with Gasteiger partial charge in [-0.1, -0.05) is 0 Å². The Morgan fingerprint density at radius 2 is 1.49 bits per heavy atom. The van der Waals surface area contributed by atoms with E-state index < -0.39 is 20.2 Å². The Hall–Kier alpha value is -3.04. The molecule has 1 aliphatic rings. The Bertz CT molecular complexity index is 1520. The molecule has 1 fully saturated rings. The molecule has 1 aromatic heterocycles. The van der Waals surface area contributed by atoms with Crippen LogP contribution in [0.4, 0.5) is 0 Å². The third-order valence-electron chi connectivity index (χ3n) is 7.45. The van der Waals surface area contributed by atoms with Crippen LogP contribution in [0, 0.1) is 6.92 Å². The molecule has 1 aliphatic heterocycles. The predicted molar refractivity (Wildman–Crippen MR) is 165 cm³/mol. The monoisotopic (exact) mass is 636 g/mol. The summed E-state index contributed by atoms with van der Waals surface area (Å²) in [6.45, 7) is 8.52. The molecular formula is C32H36N2O5SeSi. The number of ether oxygens (including phenoxy) is 1. The van der Waals surface area contributed by atoms with Gasteiger partial charge in [0.25, 0.3) is 0 Å². The second kappa shape index (κ2) is 12.4. The summed E-state index contributed by atoms with van der Waals surface area (Å²) in [7, 11) is -2.87. The molecule has 41 heavy (non-hydrogen) atoms. The van der Waals surface area contributed by atoms with Gasteiger partial charge in [0.1, 0.15) is 0 Å². The van der Waals surface area contributed by atoms with Crippen molar-refractivity contribution >= 4 is 38.1 Å². The second-order valence-corrected chi connectivity index (χ2v) is 18.3. The van der Waals surface area contributed by atoms with Crippen molar-refractivity contribution in [3.8, 4) is 0 Å². The van der Waals surface area contributed by atoms with E-state index in [9.17, 15) is 9.59 Å². The van der Waals surface area contributed by atoms with Crippen molar-refractivity contribution in [1.29, 1.82) is 0 Å². The minimum atomic E-state index is -2.87. The number of H-pyrrole nitrogens is 1. The first kappa shape index (κ1) is 29.4. The van der Waals surface area contributed by atoms with Gasteiger partial charge in [-0.05, 0) is 0 Å². The van der Waals surface area contributed by atoms with Gasteiger partial charge in [0.2, 0.25) is 0 Å². The molecule has 7 nitrogen and oxygen atoms in total. The number of benzene rings is 3. The molecule has 2 heterocycles. The number of aromatic nitrogens is 2. The van der Waals surface area contributed by atoms with Gasteiger partial charge >= 0.3 is 248 Å². The van der Waals surface area contributed by atoms with Crippen molar-refractivity contribution in [1.82, 2.24) is 9.55 Å². The Kier molecular flexibility index (Phi) is 8.94. The van der Waals surface area contributed by atoms with Crippen molar-refractivity contribution in [2.24, 2.45) is 0 Å². The van der Waals surface area contributed by atoms with Crippen LogP contribution in [0.5, 0.6) is 0 Å². The average molecular weight is 636 g/mol. The van der Waals surface area contributed by atoms with Gasteiger partial charge in [-0.3, -0.25) is 0 Å². The van der Waals surface area contributed by atoms with Gasteiger partial charge in [-0.2, -0.15) is 0 Å². The minimum absolute atomic E-state index is 0.0308. The van der Waals surface area contributed by atoms with Crippen LogP contribution in [0.25, 0.3) is 0 Å². The zero-order valence-corrected chi connectivity index (χ0v) is 26.5. The summed E-state index contributed by atoms with van der Waals surface area (Å²) in [6, 6.07) is 30.9. The number of aromatic amines is 1. The van der Waals surface area contributed by atoms with Crippen molar-refractivity contribution in [2.45, 2.75) is 56.3 Å². The molecule has 1 saturated heterocycles. The molecule has 5 rings (SSSR count). The van der Waals surface area contributed by atoms with Gasteiger partial charge in [-0.15, -0.1) is 0 Å². The van der Waals surface area contributed by atoms with Crippen LogP contribution < -0.4 is 26.1 Å². The van der Waals surface area contributed by atoms with Crippen LogP contribution in [0.3, 0.4) is 0 Å². The number of nitrogens with zero attached hydrogens (tertiary/aromatic N) is 1. The third-order valence-corrected chi connectivity index (χ3v) is 14.9. The fourth-order valence-corrected chi connectivity index (χ4v) is 12.2. The number of aryl methyl sites for hydroxylation is 1. The summed E-state index contributed by atoms with van der Waals surface area (Å²) in [6.07, 6.45) is 1.50. The zero-order valence-electron chi connectivity index (χ0n) is 23.8. The van der Waals surface area contributed by atoms with E-state index in [2.05, 4.69) is 62.2 Å². The van der Waals surface area contributed by atoms with E-state index in [1.807, 2.05) is 54.6 Å². The molecule has 0 unspecified atom stereocenters. The Morgan fingerprint density at radius 3 is 2.05 bits per heavy atom. The van der Waals surface area contributed by atoms with Crippen molar-refractivity contribution in [2.75, 3.05) is 6.61 Å². The van der Waals surface area contributed by atoms with Crippen LogP contribution in [0.1, 0.15) is 39.0 Å². The zero-order chi connectivity index (χ0) is 29.0. The molecule has 4 aromatic rings. The van der Waals surface area contributed by atoms with Crippen LogP contribution in [0.2, 0.25) is 9.85 Å². The molecule has 3 atom stereocenters. The molecule has 0 bridgehead atoms. The molecule has 0 radical (unpaired) electrons. The van der Waals surface area contributed by atoms with Crippen LogP contribution in [-0.4, -0.2) is 45.5 Å². The van der Waals surface area contributed by atoms with Crippen molar-refractivity contribution < 1.29 is 14.2 Å². The van der Waals surface area contributed by atoms with Gasteiger partial charge < -0.3 is 0 Å². The molecule has 0 amide bonds. The molecule has 214 valence electrons. The molecule has 0 saturated carbocycles. The van der Waals surface area contributed by atoms with E-state index in [0.29, 0.717) is 12.0 Å². The topological polar surface area (TPSA) is 82.6 Å². The van der Waals surface area contributed by atoms with E-state index in [1.54, 1.807) is 13.1 Å². The summed E-state index contributed by atoms with van der Waals surface area (Å²) in [5.41, 5.74) is -0.383. The van der Waals surface area contributed by atoms with E-state index >= 15 is 0 Å². The summed E-state index contributed by atoms with van der Waals surface area (Å²) < 4.78 is 15.9. The molecular weight excluding hydrogens is 599 g/mol. The molecule has 1 N–H and O–H groups in total. The molecule has 0 spiro atoms. The first-order chi connectivity index (χ1) is 19.7. The number of hydrogen-bond donors (Lipinski definition) is 1. The number of hydrogen-bond acceptors (Lipinski definition) is 5. The summed E-state index contributed by atoms with van der Waals surface area (Å²) in [5, 5.41) is 2.03. The third kappa shape index (κ3) is 6.26. The normalized spacial score (nSPS) is 19.4. The fourth-order valence-electron chi connectivity index (χ4n) is 5.42. The standard InChI is InChI=1S/C32H36N2O5SeSi/c1-23-21-34(31(36)33-29(23)35)30-28(40-25-14-8-5-9-15-25)20-24(38-30)22-37-39-41(32(2,3)4,26-16-10-6-11-17-26)27-18-12-7-13-19-27/h5-19,21,24,28,30H,20,22H2,1-4H3,(H,33,35,36)/t24-,28+,30+/m0/s1. The quantitative estimate of drug-likeness (QED) is 0.173. The first-order valence-electron chi connectivity index (χ1n) is 13.8. The molecule has 9 heteroatoms. The van der Waals surface area contributed by atoms with Gasteiger partial charge in [0.05, 0.1) is 0 Å². The van der Waals surface area contributed by atoms with Gasteiger partial charge in [-0.25, -0.2) is 0 Å². The molecule has 0 aliphatic carbocycles. The van der Waals surface area contributed by atoms with E-state index in [0.717, 1.165) is 10.4 Å². The molecule has 3 aromatic carbocycles. The van der Waals surface area contributed by atoms with Gasteiger partial charge in [0, 0.05) is 0 Å². The fraction of sp³-hybridized carbons (Fsp3) is 0.312. The Balaban J connectivity index is 1.41. The Labute approximate surface area is 247 Å². The summed E-state index contributed by atoms with van der Waals surface area (Å²) in [5.74, 6) is 0.